The van der Waals surface area contributed by atoms with Crippen LogP contribution in [0.15, 0.2) is 115 Å². The van der Waals surface area contributed by atoms with Crippen LogP contribution in [0.5, 0.6) is 0 Å². The Morgan fingerprint density at radius 1 is 0.733 bits per heavy atom. The van der Waals surface area contributed by atoms with Crippen LogP contribution >= 0.6 is 0 Å². The normalized spacial score (nSPS) is 13.7. The first kappa shape index (κ1) is 35.1. The molecule has 0 N–H and O–H groups in total. The molecule has 0 bridgehead atoms. The third-order valence-electron chi connectivity index (χ3n) is 8.83. The molecule has 6 aromatic carbocycles. The Morgan fingerprint density at radius 3 is 2.04 bits per heavy atom. The average Bonchev–Trinajstić information content (AvgIpc) is 3.59. The van der Waals surface area contributed by atoms with Gasteiger partial charge in [0.1, 0.15) is 0 Å². The summed E-state index contributed by atoms with van der Waals surface area (Å²) in [5, 5.41) is 5.23. The van der Waals surface area contributed by atoms with E-state index in [1.54, 1.807) is 0 Å². The van der Waals surface area contributed by atoms with Crippen molar-refractivity contribution in [3.05, 3.63) is 149 Å². The first-order chi connectivity index (χ1) is 20.7. The Balaban J connectivity index is 0.000000741. The molecular formula is C41H36Cl2SiZr. The maximum atomic E-state index is 3.75. The molecule has 8 rings (SSSR count). The molecule has 0 spiro atoms. The summed E-state index contributed by atoms with van der Waals surface area (Å²) in [5.74, 6) is 0.255. The third-order valence-corrected chi connectivity index (χ3v) is 8.83. The van der Waals surface area contributed by atoms with Gasteiger partial charge in [0.2, 0.25) is 0 Å². The fourth-order valence-electron chi connectivity index (χ4n) is 7.21. The van der Waals surface area contributed by atoms with Gasteiger partial charge in [-0.1, -0.05) is 129 Å². The number of fused-ring (bicyclic) bond motifs is 6. The molecule has 0 amide bonds. The molecule has 0 saturated heterocycles. The molecule has 1 unspecified atom stereocenters. The predicted octanol–water partition coefficient (Wildman–Crippen LogP) is 4.88. The first-order valence-corrected chi connectivity index (χ1v) is 17.6. The Morgan fingerprint density at radius 2 is 1.36 bits per heavy atom. The molecule has 2 radical (unpaired) electrons. The summed E-state index contributed by atoms with van der Waals surface area (Å²) >= 11 is 0. The van der Waals surface area contributed by atoms with Gasteiger partial charge in [-0.05, 0) is 73.8 Å². The standard InChI is InChI=1S/C39H29.C2H7Si.2ClH.Zr/c1-2-11-28-24-37-34(38(28)33-19-9-18-32-29-15-6-3-14-27(29)23-36(32)33)20-10-21-35(37)39-30-16-7-4-12-25(30)22-26-13-5-8-17-31(26)39;1-3-2;;;/h3-10,12-18,20-22,24,38H,2,11,23H2,1H3;3H,1-2H3;2*1H;/q-1;;;;+3/p-2. The van der Waals surface area contributed by atoms with E-state index in [1.807, 2.05) is 0 Å². The molecule has 0 fully saturated rings. The monoisotopic (exact) mass is 716 g/mol. The van der Waals surface area contributed by atoms with E-state index >= 15 is 0 Å². The summed E-state index contributed by atoms with van der Waals surface area (Å²) in [7, 11) is 0.750. The molecule has 2 aliphatic carbocycles. The van der Waals surface area contributed by atoms with Crippen LogP contribution in [0.1, 0.15) is 53.5 Å². The molecule has 2 aliphatic rings. The first-order valence-electron chi connectivity index (χ1n) is 15.3. The molecule has 1 atom stereocenters. The molecular weight excluding hydrogens is 683 g/mol. The van der Waals surface area contributed by atoms with Crippen molar-refractivity contribution in [1.29, 1.82) is 0 Å². The largest absolute Gasteiger partial charge is 3.00 e. The summed E-state index contributed by atoms with van der Waals surface area (Å²) in [6.07, 6.45) is 5.75. The summed E-state index contributed by atoms with van der Waals surface area (Å²) in [6, 6.07) is 44.1. The molecule has 0 aromatic heterocycles. The number of hydrogen-bond acceptors (Lipinski definition) is 0. The summed E-state index contributed by atoms with van der Waals surface area (Å²) in [5.41, 5.74) is 14.0. The fourth-order valence-corrected chi connectivity index (χ4v) is 7.21. The molecule has 0 heterocycles. The average molecular weight is 719 g/mol. The second-order valence-corrected chi connectivity index (χ2v) is 12.8. The maximum Gasteiger partial charge on any atom is 3.00 e. The minimum Gasteiger partial charge on any atom is -1.00 e. The van der Waals surface area contributed by atoms with Gasteiger partial charge in [-0.25, -0.2) is 0 Å². The number of hydrogen-bond donors (Lipinski definition) is 0. The van der Waals surface area contributed by atoms with Gasteiger partial charge in [-0.2, -0.15) is 18.2 Å². The van der Waals surface area contributed by atoms with Crippen molar-refractivity contribution in [2.45, 2.75) is 45.2 Å². The maximum absolute atomic E-state index is 3.75. The van der Waals surface area contributed by atoms with Crippen molar-refractivity contribution in [2.75, 3.05) is 0 Å². The molecule has 0 saturated carbocycles. The van der Waals surface area contributed by atoms with Crippen LogP contribution < -0.4 is 24.8 Å². The van der Waals surface area contributed by atoms with Gasteiger partial charge >= 0.3 is 26.2 Å². The SMILES string of the molecule is CCCC1=Cc2c(-c3c4ccccc4cc4ccccc34)cccc2C1c1[c-]ccc2c1Cc1ccccc1-2.C[SiH]C.[Cl-].[Cl-].[Zr+3]. The van der Waals surface area contributed by atoms with E-state index in [1.165, 1.54) is 77.2 Å². The zero-order valence-electron chi connectivity index (χ0n) is 26.0. The van der Waals surface area contributed by atoms with E-state index in [0.29, 0.717) is 0 Å². The Hall–Kier alpha value is -2.74. The van der Waals surface area contributed by atoms with Gasteiger partial charge in [0.05, 0.1) is 0 Å². The van der Waals surface area contributed by atoms with Crippen molar-refractivity contribution in [3.63, 3.8) is 0 Å². The van der Waals surface area contributed by atoms with E-state index in [-0.39, 0.29) is 56.9 Å². The van der Waals surface area contributed by atoms with Crippen LogP contribution in [0.3, 0.4) is 0 Å². The van der Waals surface area contributed by atoms with E-state index in [2.05, 4.69) is 141 Å². The summed E-state index contributed by atoms with van der Waals surface area (Å²) < 4.78 is 0. The Kier molecular flexibility index (Phi) is 11.9. The van der Waals surface area contributed by atoms with Crippen molar-refractivity contribution >= 4 is 37.1 Å². The van der Waals surface area contributed by atoms with E-state index in [4.69, 9.17) is 0 Å². The van der Waals surface area contributed by atoms with E-state index in [0.717, 1.165) is 28.8 Å². The number of benzene rings is 6. The number of rotatable bonds is 4. The van der Waals surface area contributed by atoms with Gasteiger partial charge in [0.25, 0.3) is 0 Å². The molecule has 45 heavy (non-hydrogen) atoms. The number of allylic oxidation sites excluding steroid dienone is 1. The molecule has 6 aromatic rings. The van der Waals surface area contributed by atoms with Gasteiger partial charge in [0.15, 0.2) is 0 Å². The van der Waals surface area contributed by atoms with Crippen LogP contribution in [0.2, 0.25) is 13.1 Å². The minimum absolute atomic E-state index is 0. The van der Waals surface area contributed by atoms with Gasteiger partial charge in [0, 0.05) is 15.4 Å². The Labute approximate surface area is 302 Å². The number of halogens is 2. The Bertz CT molecular complexity index is 1940. The minimum atomic E-state index is 0. The van der Waals surface area contributed by atoms with Crippen molar-refractivity contribution in [3.8, 4) is 22.3 Å². The van der Waals surface area contributed by atoms with Gasteiger partial charge in [-0.15, -0.1) is 16.7 Å². The van der Waals surface area contributed by atoms with Crippen LogP contribution in [0, 0.1) is 6.07 Å². The molecule has 0 nitrogen and oxygen atoms in total. The molecule has 0 aliphatic heterocycles. The second kappa shape index (κ2) is 15.2. The van der Waals surface area contributed by atoms with Crippen LogP contribution in [-0.2, 0) is 32.6 Å². The molecule has 222 valence electrons. The third kappa shape index (κ3) is 6.20. The van der Waals surface area contributed by atoms with Crippen LogP contribution in [0.25, 0.3) is 49.9 Å². The van der Waals surface area contributed by atoms with Crippen molar-refractivity contribution < 1.29 is 51.0 Å². The summed E-state index contributed by atoms with van der Waals surface area (Å²) in [4.78, 5) is 0. The topological polar surface area (TPSA) is 0 Å². The summed E-state index contributed by atoms with van der Waals surface area (Å²) in [6.45, 7) is 6.72. The quantitative estimate of drug-likeness (QED) is 0.138. The van der Waals surface area contributed by atoms with Crippen molar-refractivity contribution in [1.82, 2.24) is 0 Å². The van der Waals surface area contributed by atoms with E-state index < -0.39 is 0 Å². The van der Waals surface area contributed by atoms with Crippen LogP contribution in [-0.4, -0.2) is 9.52 Å². The second-order valence-electron chi connectivity index (χ2n) is 11.6. The predicted molar refractivity (Wildman–Crippen MR) is 184 cm³/mol. The van der Waals surface area contributed by atoms with E-state index in [9.17, 15) is 0 Å². The molecule has 4 heteroatoms. The van der Waals surface area contributed by atoms with Gasteiger partial charge in [-0.3, -0.25) is 0 Å². The zero-order chi connectivity index (χ0) is 28.6. The van der Waals surface area contributed by atoms with Crippen molar-refractivity contribution in [2.24, 2.45) is 0 Å². The zero-order valence-corrected chi connectivity index (χ0v) is 31.1. The fraction of sp³-hybridized carbons (Fsp3) is 0.171. The van der Waals surface area contributed by atoms with Crippen LogP contribution in [0.4, 0.5) is 0 Å². The smallest absolute Gasteiger partial charge is 1.00 e. The van der Waals surface area contributed by atoms with Gasteiger partial charge < -0.3 is 24.8 Å².